The van der Waals surface area contributed by atoms with Gasteiger partial charge in [0.15, 0.2) is 11.5 Å². The summed E-state index contributed by atoms with van der Waals surface area (Å²) in [5.74, 6) is -1.59. The normalized spacial score (nSPS) is 10.1. The molecule has 0 saturated heterocycles. The van der Waals surface area contributed by atoms with Gasteiger partial charge in [0.25, 0.3) is 5.91 Å². The first kappa shape index (κ1) is 17.5. The zero-order valence-electron chi connectivity index (χ0n) is 13.1. The van der Waals surface area contributed by atoms with Gasteiger partial charge >= 0.3 is 11.9 Å². The summed E-state index contributed by atoms with van der Waals surface area (Å²) in [6, 6.07) is 6.14. The Bertz CT molecular complexity index is 742. The minimum absolute atomic E-state index is 0.299. The highest BCUT2D eigenvalue weighted by Crippen LogP contribution is 2.13. The average Bonchev–Trinajstić information content (AvgIpc) is 3.08. The smallest absolute Gasteiger partial charge is 0.352 e. The number of hydrogen-bond donors (Lipinski definition) is 1. The standard InChI is InChI=1S/C15H15N3O5S/c1-3-11-13(24-18-17-11)15(21)23-8-12(19)16-10-6-4-9(5-7-10)14(20)22-2/h4-7H,3,8H2,1-2H3,(H,16,19). The lowest BCUT2D eigenvalue weighted by Gasteiger charge is -2.07. The van der Waals surface area contributed by atoms with Gasteiger partial charge in [0, 0.05) is 5.69 Å². The van der Waals surface area contributed by atoms with Crippen LogP contribution in [0.5, 0.6) is 0 Å². The number of anilines is 1. The number of methoxy groups -OCH3 is 1. The van der Waals surface area contributed by atoms with E-state index in [2.05, 4.69) is 19.6 Å². The van der Waals surface area contributed by atoms with E-state index in [0.717, 1.165) is 11.5 Å². The summed E-state index contributed by atoms with van der Waals surface area (Å²) in [7, 11) is 1.29. The molecule has 0 spiro atoms. The van der Waals surface area contributed by atoms with Gasteiger partial charge in [-0.2, -0.15) is 0 Å². The summed E-state index contributed by atoms with van der Waals surface area (Å²) in [5, 5.41) is 6.37. The Labute approximate surface area is 141 Å². The number of nitrogens with one attached hydrogen (secondary N) is 1. The molecule has 0 atom stereocenters. The number of benzene rings is 1. The van der Waals surface area contributed by atoms with Crippen LogP contribution in [-0.2, 0) is 20.7 Å². The van der Waals surface area contributed by atoms with Gasteiger partial charge in [-0.3, -0.25) is 4.79 Å². The summed E-state index contributed by atoms with van der Waals surface area (Å²) in [5.41, 5.74) is 1.38. The van der Waals surface area contributed by atoms with Crippen LogP contribution in [0.2, 0.25) is 0 Å². The van der Waals surface area contributed by atoms with E-state index in [-0.39, 0.29) is 0 Å². The van der Waals surface area contributed by atoms with Crippen molar-refractivity contribution in [1.82, 2.24) is 9.59 Å². The topological polar surface area (TPSA) is 107 Å². The molecule has 0 aliphatic carbocycles. The molecular formula is C15H15N3O5S. The molecule has 2 rings (SSSR count). The van der Waals surface area contributed by atoms with E-state index in [1.54, 1.807) is 12.1 Å². The first-order valence-corrected chi connectivity index (χ1v) is 7.79. The third kappa shape index (κ3) is 4.35. The molecule has 1 heterocycles. The molecule has 2 aromatic rings. The third-order valence-electron chi connectivity index (χ3n) is 3.00. The summed E-state index contributed by atoms with van der Waals surface area (Å²) < 4.78 is 13.2. The van der Waals surface area contributed by atoms with Crippen LogP contribution >= 0.6 is 11.5 Å². The molecule has 1 N–H and O–H groups in total. The molecule has 0 fully saturated rings. The largest absolute Gasteiger partial charge is 0.465 e. The second-order valence-corrected chi connectivity index (χ2v) is 5.35. The van der Waals surface area contributed by atoms with E-state index >= 15 is 0 Å². The van der Waals surface area contributed by atoms with Crippen molar-refractivity contribution in [3.05, 3.63) is 40.4 Å². The second-order valence-electron chi connectivity index (χ2n) is 4.60. The Morgan fingerprint density at radius 2 is 1.88 bits per heavy atom. The Hall–Kier alpha value is -2.81. The van der Waals surface area contributed by atoms with Crippen molar-refractivity contribution in [2.24, 2.45) is 0 Å². The lowest BCUT2D eigenvalue weighted by molar-refractivity contribution is -0.119. The number of carbonyl (C=O) groups excluding carboxylic acids is 3. The maximum Gasteiger partial charge on any atom is 0.352 e. The molecule has 24 heavy (non-hydrogen) atoms. The van der Waals surface area contributed by atoms with Gasteiger partial charge in [-0.15, -0.1) is 5.10 Å². The highest BCUT2D eigenvalue weighted by Gasteiger charge is 2.17. The van der Waals surface area contributed by atoms with Gasteiger partial charge in [-0.25, -0.2) is 9.59 Å². The van der Waals surface area contributed by atoms with Gasteiger partial charge in [0.2, 0.25) is 0 Å². The molecule has 1 amide bonds. The van der Waals surface area contributed by atoms with Crippen LogP contribution in [0.25, 0.3) is 0 Å². The molecule has 0 aliphatic heterocycles. The molecule has 0 bridgehead atoms. The Kier molecular flexibility index (Phi) is 5.96. The van der Waals surface area contributed by atoms with E-state index in [1.807, 2.05) is 6.92 Å². The number of hydrogen-bond acceptors (Lipinski definition) is 8. The fourth-order valence-electron chi connectivity index (χ4n) is 1.80. The molecular weight excluding hydrogens is 334 g/mol. The molecule has 8 nitrogen and oxygen atoms in total. The van der Waals surface area contributed by atoms with Crippen LogP contribution in [-0.4, -0.2) is 41.1 Å². The number of carbonyl (C=O) groups is 3. The average molecular weight is 349 g/mol. The van der Waals surface area contributed by atoms with E-state index in [0.29, 0.717) is 28.2 Å². The van der Waals surface area contributed by atoms with Crippen LogP contribution in [0.4, 0.5) is 5.69 Å². The lowest BCUT2D eigenvalue weighted by atomic mass is 10.2. The Morgan fingerprint density at radius 1 is 1.17 bits per heavy atom. The highest BCUT2D eigenvalue weighted by molar-refractivity contribution is 7.07. The predicted octanol–water partition coefficient (Wildman–Crippen LogP) is 1.68. The van der Waals surface area contributed by atoms with Gasteiger partial charge in [-0.05, 0) is 42.2 Å². The fourth-order valence-corrected chi connectivity index (χ4v) is 2.44. The van der Waals surface area contributed by atoms with Crippen molar-refractivity contribution in [2.45, 2.75) is 13.3 Å². The summed E-state index contributed by atoms with van der Waals surface area (Å²) in [6.45, 7) is 1.41. The fraction of sp³-hybridized carbons (Fsp3) is 0.267. The molecule has 0 saturated carbocycles. The van der Waals surface area contributed by atoms with Crippen LogP contribution in [0.1, 0.15) is 32.6 Å². The van der Waals surface area contributed by atoms with Crippen LogP contribution in [0.3, 0.4) is 0 Å². The number of aromatic nitrogens is 2. The van der Waals surface area contributed by atoms with E-state index in [9.17, 15) is 14.4 Å². The lowest BCUT2D eigenvalue weighted by Crippen LogP contribution is -2.21. The van der Waals surface area contributed by atoms with Gasteiger partial charge < -0.3 is 14.8 Å². The number of esters is 2. The Morgan fingerprint density at radius 3 is 2.50 bits per heavy atom. The summed E-state index contributed by atoms with van der Waals surface area (Å²) in [6.07, 6.45) is 0.555. The van der Waals surface area contributed by atoms with Gasteiger partial charge in [0.05, 0.1) is 18.4 Å². The number of rotatable bonds is 6. The SMILES string of the molecule is CCc1nnsc1C(=O)OCC(=O)Nc1ccc(C(=O)OC)cc1. The van der Waals surface area contributed by atoms with E-state index in [1.165, 1.54) is 19.2 Å². The zero-order valence-corrected chi connectivity index (χ0v) is 13.9. The minimum Gasteiger partial charge on any atom is -0.465 e. The number of amides is 1. The van der Waals surface area contributed by atoms with Crippen molar-refractivity contribution in [3.63, 3.8) is 0 Å². The third-order valence-corrected chi connectivity index (χ3v) is 3.75. The number of nitrogens with zero attached hydrogens (tertiary/aromatic N) is 2. The predicted molar refractivity (Wildman–Crippen MR) is 86.0 cm³/mol. The van der Waals surface area contributed by atoms with Crippen molar-refractivity contribution in [3.8, 4) is 0 Å². The molecule has 0 radical (unpaired) electrons. The maximum atomic E-state index is 11.9. The molecule has 0 aliphatic rings. The maximum absolute atomic E-state index is 11.9. The Balaban J connectivity index is 1.87. The molecule has 1 aromatic carbocycles. The van der Waals surface area contributed by atoms with Crippen LogP contribution < -0.4 is 5.32 Å². The van der Waals surface area contributed by atoms with Crippen molar-refractivity contribution in [2.75, 3.05) is 19.0 Å². The van der Waals surface area contributed by atoms with E-state index < -0.39 is 24.5 Å². The van der Waals surface area contributed by atoms with Crippen molar-refractivity contribution in [1.29, 1.82) is 0 Å². The molecule has 1 aromatic heterocycles. The first-order valence-electron chi connectivity index (χ1n) is 7.01. The number of ether oxygens (including phenoxy) is 2. The molecule has 126 valence electrons. The van der Waals surface area contributed by atoms with E-state index in [4.69, 9.17) is 4.74 Å². The highest BCUT2D eigenvalue weighted by atomic mass is 32.1. The van der Waals surface area contributed by atoms with Crippen LogP contribution in [0.15, 0.2) is 24.3 Å². The quantitative estimate of drug-likeness (QED) is 0.791. The first-order chi connectivity index (χ1) is 11.5. The van der Waals surface area contributed by atoms with Gasteiger partial charge in [0.1, 0.15) is 0 Å². The monoisotopic (exact) mass is 349 g/mol. The summed E-state index contributed by atoms with van der Waals surface area (Å²) >= 11 is 0.933. The molecule has 9 heteroatoms. The zero-order chi connectivity index (χ0) is 17.5. The summed E-state index contributed by atoms with van der Waals surface area (Å²) in [4.78, 5) is 35.3. The minimum atomic E-state index is -0.627. The van der Waals surface area contributed by atoms with Crippen LogP contribution in [0, 0.1) is 0 Å². The second kappa shape index (κ2) is 8.16. The molecule has 0 unspecified atom stereocenters. The van der Waals surface area contributed by atoms with Gasteiger partial charge in [-0.1, -0.05) is 11.4 Å². The van der Waals surface area contributed by atoms with Crippen molar-refractivity contribution >= 4 is 35.1 Å². The van der Waals surface area contributed by atoms with Crippen molar-refractivity contribution < 1.29 is 23.9 Å². The number of aryl methyl sites for hydroxylation is 1.